The Balaban J connectivity index is 0.000000226. The van der Waals surface area contributed by atoms with E-state index >= 15 is 0 Å². The van der Waals surface area contributed by atoms with Crippen LogP contribution in [0.4, 0.5) is 0 Å². The first-order valence-electron chi connectivity index (χ1n) is 11.9. The highest BCUT2D eigenvalue weighted by Crippen LogP contribution is 2.18. The fourth-order valence-electron chi connectivity index (χ4n) is 3.21. The molecule has 0 unspecified atom stereocenters. The number of carbonyl (C=O) groups is 4. The van der Waals surface area contributed by atoms with Crippen molar-refractivity contribution in [3.8, 4) is 11.5 Å². The molecule has 0 aliphatic heterocycles. The number of para-hydroxylation sites is 2. The zero-order chi connectivity index (χ0) is 28.6. The van der Waals surface area contributed by atoms with Crippen LogP contribution < -0.4 is 4.74 Å². The molecular formula is C32H29BrO6. The van der Waals surface area contributed by atoms with E-state index in [0.717, 1.165) is 28.3 Å². The Kier molecular flexibility index (Phi) is 13.0. The number of ketones is 2. The van der Waals surface area contributed by atoms with Gasteiger partial charge in [0.2, 0.25) is 0 Å². The van der Waals surface area contributed by atoms with Gasteiger partial charge in [-0.1, -0.05) is 76.6 Å². The first kappa shape index (κ1) is 30.9. The van der Waals surface area contributed by atoms with Gasteiger partial charge in [-0.2, -0.15) is 0 Å². The molecule has 4 rings (SSSR count). The predicted octanol–water partition coefficient (Wildman–Crippen LogP) is 7.27. The van der Waals surface area contributed by atoms with E-state index in [2.05, 4.69) is 15.9 Å². The highest BCUT2D eigenvalue weighted by Gasteiger charge is 2.04. The van der Waals surface area contributed by atoms with Crippen molar-refractivity contribution >= 4 is 40.1 Å². The molecule has 0 atom stereocenters. The van der Waals surface area contributed by atoms with Gasteiger partial charge in [-0.15, -0.1) is 0 Å². The summed E-state index contributed by atoms with van der Waals surface area (Å²) in [6.45, 7) is 3.43. The van der Waals surface area contributed by atoms with E-state index < -0.39 is 0 Å². The molecule has 6 nitrogen and oxygen atoms in total. The minimum absolute atomic E-state index is 0.0233. The van der Waals surface area contributed by atoms with Gasteiger partial charge in [0.25, 0.3) is 0 Å². The number of aldehydes is 2. The van der Waals surface area contributed by atoms with E-state index in [1.165, 1.54) is 13.0 Å². The van der Waals surface area contributed by atoms with Crippen molar-refractivity contribution in [3.05, 3.63) is 130 Å². The zero-order valence-electron chi connectivity index (χ0n) is 21.7. The molecule has 0 saturated heterocycles. The zero-order valence-corrected chi connectivity index (χ0v) is 23.3. The lowest BCUT2D eigenvalue weighted by Crippen LogP contribution is -2.00. The topological polar surface area (TPSA) is 97.7 Å². The fourth-order valence-corrected chi connectivity index (χ4v) is 3.56. The van der Waals surface area contributed by atoms with Crippen LogP contribution in [0, 0.1) is 0 Å². The first-order chi connectivity index (χ1) is 18.8. The Morgan fingerprint density at radius 2 is 1.23 bits per heavy atom. The minimum Gasteiger partial charge on any atom is -0.507 e. The molecule has 4 aromatic carbocycles. The van der Waals surface area contributed by atoms with Gasteiger partial charge in [0, 0.05) is 16.5 Å². The number of aromatic hydroxyl groups is 1. The van der Waals surface area contributed by atoms with Gasteiger partial charge in [-0.3, -0.25) is 19.2 Å². The van der Waals surface area contributed by atoms with Gasteiger partial charge in [-0.25, -0.2) is 0 Å². The van der Waals surface area contributed by atoms with E-state index in [9.17, 15) is 19.2 Å². The Hall–Kier alpha value is -4.36. The van der Waals surface area contributed by atoms with Crippen LogP contribution in [0.25, 0.3) is 0 Å². The molecule has 0 bridgehead atoms. The standard InChI is InChI=1S/C16H14O3.C9H9BrO.C7H6O2/c1-12(18)14-7-4-5-13(9-14)11-19-16-8-3-2-6-15(16)10-17;1-7(11)9-4-2-3-8(5-9)6-10;8-5-6-3-1-2-4-7(6)9/h2-10H,11H2,1H3;2-5H,6H2,1H3;1-5,9H. The third kappa shape index (κ3) is 10.5. The Bertz CT molecular complexity index is 1410. The number of alkyl halides is 1. The molecule has 1 N–H and O–H groups in total. The van der Waals surface area contributed by atoms with Gasteiger partial charge in [0.15, 0.2) is 24.1 Å². The van der Waals surface area contributed by atoms with Gasteiger partial charge < -0.3 is 9.84 Å². The molecule has 0 radical (unpaired) electrons. The maximum Gasteiger partial charge on any atom is 0.159 e. The van der Waals surface area contributed by atoms with Crippen LogP contribution in [0.15, 0.2) is 97.1 Å². The summed E-state index contributed by atoms with van der Waals surface area (Å²) in [7, 11) is 0. The summed E-state index contributed by atoms with van der Waals surface area (Å²) in [4.78, 5) is 43.1. The van der Waals surface area contributed by atoms with Crippen molar-refractivity contribution < 1.29 is 29.0 Å². The van der Waals surface area contributed by atoms with Gasteiger partial charge in [0.05, 0.1) is 11.1 Å². The van der Waals surface area contributed by atoms with Crippen molar-refractivity contribution in [2.75, 3.05) is 0 Å². The lowest BCUT2D eigenvalue weighted by atomic mass is 10.1. The average Bonchev–Trinajstić information content (AvgIpc) is 2.97. The summed E-state index contributed by atoms with van der Waals surface area (Å²) >= 11 is 3.33. The van der Waals surface area contributed by atoms with Gasteiger partial charge >= 0.3 is 0 Å². The number of Topliss-reactive ketones (excluding diaryl/α,β-unsaturated/α-hetero) is 2. The predicted molar refractivity (Wildman–Crippen MR) is 155 cm³/mol. The summed E-state index contributed by atoms with van der Waals surface area (Å²) < 4.78 is 5.61. The molecule has 0 amide bonds. The second kappa shape index (κ2) is 16.5. The molecule has 0 aliphatic rings. The summed E-state index contributed by atoms with van der Waals surface area (Å²) in [5.41, 5.74) is 4.32. The summed E-state index contributed by atoms with van der Waals surface area (Å²) in [5, 5.41) is 9.68. The van der Waals surface area contributed by atoms with Crippen LogP contribution >= 0.6 is 15.9 Å². The number of phenolic OH excluding ortho intramolecular Hbond substituents is 1. The molecule has 0 aliphatic carbocycles. The van der Waals surface area contributed by atoms with E-state index in [1.54, 1.807) is 55.5 Å². The van der Waals surface area contributed by atoms with Gasteiger partial charge in [-0.05, 0) is 61.4 Å². The normalized spacial score (nSPS) is 9.62. The summed E-state index contributed by atoms with van der Waals surface area (Å²) in [6, 6.07) is 28.3. The van der Waals surface area contributed by atoms with E-state index in [1.807, 2.05) is 42.5 Å². The molecular weight excluding hydrogens is 560 g/mol. The quantitative estimate of drug-likeness (QED) is 0.132. The van der Waals surface area contributed by atoms with Crippen molar-refractivity contribution in [1.29, 1.82) is 0 Å². The van der Waals surface area contributed by atoms with Crippen molar-refractivity contribution in [3.63, 3.8) is 0 Å². The highest BCUT2D eigenvalue weighted by atomic mass is 79.9. The maximum absolute atomic E-state index is 11.3. The Morgan fingerprint density at radius 3 is 1.74 bits per heavy atom. The number of phenols is 1. The Labute approximate surface area is 236 Å². The van der Waals surface area contributed by atoms with Crippen molar-refractivity contribution in [2.45, 2.75) is 25.8 Å². The maximum atomic E-state index is 11.3. The van der Waals surface area contributed by atoms with Crippen LogP contribution in [-0.2, 0) is 11.9 Å². The molecule has 0 saturated carbocycles. The number of benzene rings is 4. The first-order valence-corrected chi connectivity index (χ1v) is 13.1. The smallest absolute Gasteiger partial charge is 0.159 e. The van der Waals surface area contributed by atoms with Crippen LogP contribution in [0.2, 0.25) is 0 Å². The number of hydrogen-bond acceptors (Lipinski definition) is 6. The second-order valence-electron chi connectivity index (χ2n) is 8.27. The van der Waals surface area contributed by atoms with Crippen molar-refractivity contribution in [1.82, 2.24) is 0 Å². The largest absolute Gasteiger partial charge is 0.507 e. The SMILES string of the molecule is CC(=O)c1cccc(CBr)c1.CC(=O)c1cccc(COc2ccccc2C=O)c1.O=Cc1ccccc1O. The molecule has 200 valence electrons. The lowest BCUT2D eigenvalue weighted by Gasteiger charge is -2.08. The van der Waals surface area contributed by atoms with Crippen LogP contribution in [0.1, 0.15) is 66.4 Å². The monoisotopic (exact) mass is 588 g/mol. The third-order valence-electron chi connectivity index (χ3n) is 5.33. The molecule has 0 aromatic heterocycles. The number of ether oxygens (including phenoxy) is 1. The van der Waals surface area contributed by atoms with E-state index in [0.29, 0.717) is 35.3 Å². The van der Waals surface area contributed by atoms with Crippen LogP contribution in [-0.4, -0.2) is 29.2 Å². The van der Waals surface area contributed by atoms with E-state index in [-0.39, 0.29) is 17.3 Å². The summed E-state index contributed by atoms with van der Waals surface area (Å²) in [5.74, 6) is 0.723. The molecule has 4 aromatic rings. The van der Waals surface area contributed by atoms with Crippen LogP contribution in [0.3, 0.4) is 0 Å². The fraction of sp³-hybridized carbons (Fsp3) is 0.125. The second-order valence-corrected chi connectivity index (χ2v) is 8.83. The molecule has 0 heterocycles. The molecule has 39 heavy (non-hydrogen) atoms. The minimum atomic E-state index is 0.0233. The number of rotatable bonds is 8. The summed E-state index contributed by atoms with van der Waals surface area (Å²) in [6.07, 6.45) is 1.39. The third-order valence-corrected chi connectivity index (χ3v) is 5.97. The van der Waals surface area contributed by atoms with Crippen molar-refractivity contribution in [2.24, 2.45) is 0 Å². The Morgan fingerprint density at radius 1 is 0.718 bits per heavy atom. The molecule has 0 fully saturated rings. The van der Waals surface area contributed by atoms with Crippen LogP contribution in [0.5, 0.6) is 11.5 Å². The lowest BCUT2D eigenvalue weighted by molar-refractivity contribution is 0.100. The number of carbonyl (C=O) groups excluding carboxylic acids is 4. The molecule has 0 spiro atoms. The number of halogens is 1. The average molecular weight is 589 g/mol. The van der Waals surface area contributed by atoms with Gasteiger partial charge in [0.1, 0.15) is 18.1 Å². The highest BCUT2D eigenvalue weighted by molar-refractivity contribution is 9.08. The molecule has 7 heteroatoms. The van der Waals surface area contributed by atoms with E-state index in [4.69, 9.17) is 9.84 Å². The number of hydrogen-bond donors (Lipinski definition) is 1.